The summed E-state index contributed by atoms with van der Waals surface area (Å²) in [4.78, 5) is 4.78. The smallest absolute Gasteiger partial charge is 0.175 e. The van der Waals surface area contributed by atoms with Crippen LogP contribution in [0.3, 0.4) is 0 Å². The van der Waals surface area contributed by atoms with Crippen LogP contribution in [0.1, 0.15) is 16.7 Å². The molecule has 0 aliphatic rings. The van der Waals surface area contributed by atoms with Crippen molar-refractivity contribution in [3.8, 4) is 22.1 Å². The summed E-state index contributed by atoms with van der Waals surface area (Å²) in [6, 6.07) is 26.4. The molecule has 0 radical (unpaired) electrons. The summed E-state index contributed by atoms with van der Waals surface area (Å²) in [6.45, 7) is 3.14. The molecule has 1 heterocycles. The lowest BCUT2D eigenvalue weighted by molar-refractivity contribution is 0.282. The number of rotatable bonds is 8. The fourth-order valence-electron chi connectivity index (χ4n) is 3.89. The van der Waals surface area contributed by atoms with E-state index >= 15 is 0 Å². The van der Waals surface area contributed by atoms with Gasteiger partial charge >= 0.3 is 0 Å². The first kappa shape index (κ1) is 24.6. The molecule has 0 atom stereocenters. The number of nitrogens with zero attached hydrogens (tertiary/aromatic N) is 1. The van der Waals surface area contributed by atoms with Crippen LogP contribution in [0.15, 0.2) is 83.3 Å². The van der Waals surface area contributed by atoms with E-state index < -0.39 is 0 Å². The number of halogens is 2. The normalized spacial score (nSPS) is 11.0. The van der Waals surface area contributed by atoms with Gasteiger partial charge in [0.1, 0.15) is 11.6 Å². The van der Waals surface area contributed by atoms with Crippen molar-refractivity contribution < 1.29 is 9.47 Å². The second-order valence-electron chi connectivity index (χ2n) is 8.45. The van der Waals surface area contributed by atoms with Crippen molar-refractivity contribution in [3.63, 3.8) is 0 Å². The lowest BCUT2D eigenvalue weighted by Gasteiger charge is -2.15. The highest BCUT2D eigenvalue weighted by atomic mass is 79.9. The third kappa shape index (κ3) is 5.67. The zero-order valence-corrected chi connectivity index (χ0v) is 23.0. The lowest BCUT2D eigenvalue weighted by atomic mass is 10.1. The molecule has 5 aromatic rings. The average molecular weight is 580 g/mol. The highest BCUT2D eigenvalue weighted by Crippen LogP contribution is 2.38. The van der Waals surface area contributed by atoms with Crippen molar-refractivity contribution in [3.05, 3.63) is 105 Å². The first-order chi connectivity index (χ1) is 17.5. The predicted molar refractivity (Wildman–Crippen MR) is 154 cm³/mol. The molecule has 7 heteroatoms. The van der Waals surface area contributed by atoms with Gasteiger partial charge in [-0.2, -0.15) is 0 Å². The van der Waals surface area contributed by atoms with Crippen molar-refractivity contribution in [2.45, 2.75) is 20.1 Å². The quantitative estimate of drug-likeness (QED) is 0.199. The second kappa shape index (κ2) is 10.9. The molecule has 0 amide bonds. The van der Waals surface area contributed by atoms with E-state index in [0.29, 0.717) is 29.7 Å². The summed E-state index contributed by atoms with van der Waals surface area (Å²) >= 11 is 11.4. The van der Waals surface area contributed by atoms with E-state index in [2.05, 4.69) is 70.6 Å². The Balaban J connectivity index is 1.25. The van der Waals surface area contributed by atoms with E-state index in [4.69, 9.17) is 26.1 Å². The minimum Gasteiger partial charge on any atom is -0.493 e. The molecule has 0 aliphatic heterocycles. The van der Waals surface area contributed by atoms with E-state index in [9.17, 15) is 0 Å². The summed E-state index contributed by atoms with van der Waals surface area (Å²) in [5.74, 6) is 1.33. The summed E-state index contributed by atoms with van der Waals surface area (Å²) in [5, 5.41) is 5.21. The molecule has 36 heavy (non-hydrogen) atoms. The van der Waals surface area contributed by atoms with Crippen molar-refractivity contribution in [2.24, 2.45) is 0 Å². The second-order valence-corrected chi connectivity index (χ2v) is 10.8. The molecule has 0 bridgehead atoms. The maximum atomic E-state index is 6.09. The molecule has 0 fully saturated rings. The largest absolute Gasteiger partial charge is 0.493 e. The molecule has 0 spiro atoms. The molecular weight excluding hydrogens is 556 g/mol. The third-order valence-electron chi connectivity index (χ3n) is 5.73. The molecule has 1 aromatic heterocycles. The molecule has 4 nitrogen and oxygen atoms in total. The topological polar surface area (TPSA) is 43.4 Å². The number of hydrogen-bond acceptors (Lipinski definition) is 5. The average Bonchev–Trinajstić information content (AvgIpc) is 3.30. The highest BCUT2D eigenvalue weighted by Gasteiger charge is 2.13. The molecule has 5 rings (SSSR count). The van der Waals surface area contributed by atoms with Crippen LogP contribution < -0.4 is 14.8 Å². The van der Waals surface area contributed by atoms with E-state index in [0.717, 1.165) is 37.4 Å². The lowest BCUT2D eigenvalue weighted by Crippen LogP contribution is -2.03. The number of methoxy groups -OCH3 is 1. The van der Waals surface area contributed by atoms with Gasteiger partial charge in [-0.15, -0.1) is 11.3 Å². The molecular formula is C29H24BrClN2O2S. The van der Waals surface area contributed by atoms with Crippen LogP contribution in [-0.2, 0) is 13.2 Å². The fourth-order valence-corrected chi connectivity index (χ4v) is 5.77. The molecule has 0 saturated heterocycles. The maximum Gasteiger partial charge on any atom is 0.175 e. The van der Waals surface area contributed by atoms with Gasteiger partial charge < -0.3 is 14.8 Å². The molecule has 0 unspecified atom stereocenters. The van der Waals surface area contributed by atoms with Gasteiger partial charge in [-0.25, -0.2) is 4.98 Å². The Morgan fingerprint density at radius 2 is 1.81 bits per heavy atom. The van der Waals surface area contributed by atoms with Crippen molar-refractivity contribution in [2.75, 3.05) is 12.4 Å². The van der Waals surface area contributed by atoms with E-state index in [1.165, 1.54) is 10.3 Å². The summed E-state index contributed by atoms with van der Waals surface area (Å²) in [7, 11) is 1.65. The number of hydrogen-bond donors (Lipinski definition) is 1. The van der Waals surface area contributed by atoms with Gasteiger partial charge in [0.2, 0.25) is 0 Å². The van der Waals surface area contributed by atoms with Gasteiger partial charge in [0.05, 0.1) is 21.8 Å². The number of anilines is 1. The van der Waals surface area contributed by atoms with Crippen LogP contribution in [0, 0.1) is 6.92 Å². The number of benzene rings is 4. The maximum absolute atomic E-state index is 6.09. The van der Waals surface area contributed by atoms with Crippen molar-refractivity contribution in [1.29, 1.82) is 0 Å². The van der Waals surface area contributed by atoms with Crippen LogP contribution in [0.4, 0.5) is 5.69 Å². The number of ether oxygens (including phenoxy) is 2. The zero-order valence-electron chi connectivity index (χ0n) is 19.8. The Hall–Kier alpha value is -3.06. The predicted octanol–water partition coefficient (Wildman–Crippen LogP) is 8.89. The van der Waals surface area contributed by atoms with Gasteiger partial charge in [-0.05, 0) is 100 Å². The summed E-state index contributed by atoms with van der Waals surface area (Å²) in [5.41, 5.74) is 6.51. The number of thiazole rings is 1. The minimum absolute atomic E-state index is 0.397. The fraction of sp³-hybridized carbons (Fsp3) is 0.138. The third-order valence-corrected chi connectivity index (χ3v) is 7.63. The molecule has 1 N–H and O–H groups in total. The van der Waals surface area contributed by atoms with E-state index in [1.807, 2.05) is 36.4 Å². The molecule has 182 valence electrons. The molecule has 0 aliphatic carbocycles. The first-order valence-corrected chi connectivity index (χ1v) is 13.4. The van der Waals surface area contributed by atoms with Crippen LogP contribution in [-0.4, -0.2) is 12.1 Å². The Morgan fingerprint density at radius 1 is 0.972 bits per heavy atom. The summed E-state index contributed by atoms with van der Waals surface area (Å²) < 4.78 is 13.7. The van der Waals surface area contributed by atoms with E-state index in [1.54, 1.807) is 18.4 Å². The van der Waals surface area contributed by atoms with Crippen LogP contribution in [0.25, 0.3) is 20.8 Å². The van der Waals surface area contributed by atoms with Crippen LogP contribution in [0.2, 0.25) is 5.02 Å². The minimum atomic E-state index is 0.397. The van der Waals surface area contributed by atoms with Gasteiger partial charge in [0.25, 0.3) is 0 Å². The summed E-state index contributed by atoms with van der Waals surface area (Å²) in [6.07, 6.45) is 0. The van der Waals surface area contributed by atoms with Gasteiger partial charge in [0, 0.05) is 22.8 Å². The Morgan fingerprint density at radius 3 is 2.58 bits per heavy atom. The monoisotopic (exact) mass is 578 g/mol. The van der Waals surface area contributed by atoms with Crippen LogP contribution >= 0.6 is 38.9 Å². The number of aryl methyl sites for hydroxylation is 1. The van der Waals surface area contributed by atoms with Crippen molar-refractivity contribution >= 4 is 54.8 Å². The van der Waals surface area contributed by atoms with Crippen molar-refractivity contribution in [1.82, 2.24) is 4.98 Å². The Labute approximate surface area is 228 Å². The Kier molecular flexibility index (Phi) is 7.46. The van der Waals surface area contributed by atoms with Gasteiger partial charge in [0.15, 0.2) is 11.5 Å². The highest BCUT2D eigenvalue weighted by molar-refractivity contribution is 9.10. The molecule has 0 saturated carbocycles. The van der Waals surface area contributed by atoms with E-state index in [-0.39, 0.29) is 0 Å². The number of nitrogens with one attached hydrogen (secondary N) is 1. The van der Waals surface area contributed by atoms with Crippen LogP contribution in [0.5, 0.6) is 11.5 Å². The first-order valence-electron chi connectivity index (χ1n) is 11.4. The standard InChI is InChI=1S/C29H24BrClN2O2S/c1-18-6-11-25-27(12-18)36-29(33-25)21-7-9-23(10-8-21)32-16-20-14-24(30)28(26(15-20)34-2)35-17-19-4-3-5-22(31)13-19/h3-15,32H,16-17H2,1-2H3. The SMILES string of the molecule is COc1cc(CNc2ccc(-c3nc4ccc(C)cc4s3)cc2)cc(Br)c1OCc1cccc(Cl)c1. The van der Waals surface area contributed by atoms with Gasteiger partial charge in [-0.1, -0.05) is 29.8 Å². The number of aromatic nitrogens is 1. The van der Waals surface area contributed by atoms with Gasteiger partial charge in [-0.3, -0.25) is 0 Å². The zero-order chi connectivity index (χ0) is 25.1. The Bertz CT molecular complexity index is 1520. The number of fused-ring (bicyclic) bond motifs is 1. The molecule has 4 aromatic carbocycles.